The molecule has 4 saturated carbocycles. The van der Waals surface area contributed by atoms with Crippen molar-refractivity contribution >= 4 is 5.78 Å². The third kappa shape index (κ3) is 8.81. The lowest BCUT2D eigenvalue weighted by Gasteiger charge is -2.60. The molecule has 0 aromatic rings. The minimum absolute atomic E-state index is 0.00393. The molecule has 63 heavy (non-hydrogen) atoms. The average molecular weight is 901 g/mol. The van der Waals surface area contributed by atoms with Gasteiger partial charge >= 0.3 is 0 Å². The highest BCUT2D eigenvalue weighted by Gasteiger charge is 2.66. The van der Waals surface area contributed by atoms with Crippen LogP contribution in [0.15, 0.2) is 11.3 Å². The van der Waals surface area contributed by atoms with E-state index in [0.29, 0.717) is 37.7 Å². The molecule has 10 N–H and O–H groups in total. The van der Waals surface area contributed by atoms with Crippen molar-refractivity contribution in [2.45, 2.75) is 184 Å². The van der Waals surface area contributed by atoms with E-state index in [-0.39, 0.29) is 66.2 Å². The molecular weight excluding hydrogens is 828 g/mol. The molecule has 4 heterocycles. The van der Waals surface area contributed by atoms with E-state index in [9.17, 15) is 55.9 Å². The first kappa shape index (κ1) is 48.0. The van der Waals surface area contributed by atoms with Gasteiger partial charge in [0.2, 0.25) is 0 Å². The summed E-state index contributed by atoms with van der Waals surface area (Å²) in [6.45, 7) is 8.26. The van der Waals surface area contributed by atoms with Crippen LogP contribution in [0, 0.1) is 46.3 Å². The predicted molar refractivity (Wildman–Crippen MR) is 217 cm³/mol. The Labute approximate surface area is 368 Å². The molecule has 24 atom stereocenters. The summed E-state index contributed by atoms with van der Waals surface area (Å²) in [4.78, 5) is 14.3. The number of aliphatic hydroxyl groups is 10. The van der Waals surface area contributed by atoms with Crippen LogP contribution in [0.4, 0.5) is 0 Å². The monoisotopic (exact) mass is 900 g/mol. The van der Waals surface area contributed by atoms with Crippen molar-refractivity contribution in [3.8, 4) is 0 Å². The minimum Gasteiger partial charge on any atom is -0.494 e. The Morgan fingerprint density at radius 1 is 0.762 bits per heavy atom. The van der Waals surface area contributed by atoms with Crippen molar-refractivity contribution in [3.63, 3.8) is 0 Å². The maximum absolute atomic E-state index is 14.3. The summed E-state index contributed by atoms with van der Waals surface area (Å²) in [5.74, 6) is 2.44. The van der Waals surface area contributed by atoms with Crippen molar-refractivity contribution in [3.05, 3.63) is 11.3 Å². The highest BCUT2D eigenvalue weighted by atomic mass is 16.7. The van der Waals surface area contributed by atoms with Gasteiger partial charge in [-0.15, -0.1) is 0 Å². The lowest BCUT2D eigenvalue weighted by molar-refractivity contribution is -0.330. The van der Waals surface area contributed by atoms with Gasteiger partial charge in [0.1, 0.15) is 85.1 Å². The highest BCUT2D eigenvalue weighted by Crippen LogP contribution is 2.69. The summed E-state index contributed by atoms with van der Waals surface area (Å²) in [6.07, 6.45) is -12.4. The summed E-state index contributed by atoms with van der Waals surface area (Å²) in [5, 5.41) is 102. The molecule has 0 bridgehead atoms. The van der Waals surface area contributed by atoms with Gasteiger partial charge in [-0.3, -0.25) is 4.79 Å². The zero-order chi connectivity index (χ0) is 45.3. The van der Waals surface area contributed by atoms with Gasteiger partial charge in [0.05, 0.1) is 38.3 Å². The van der Waals surface area contributed by atoms with Crippen molar-refractivity contribution in [1.29, 1.82) is 0 Å². The molecule has 0 amide bonds. The van der Waals surface area contributed by atoms with Crippen LogP contribution in [0.2, 0.25) is 0 Å². The Morgan fingerprint density at radius 2 is 1.43 bits per heavy atom. The van der Waals surface area contributed by atoms with Crippen molar-refractivity contribution in [2.75, 3.05) is 33.0 Å². The number of aliphatic hydroxyl groups excluding tert-OH is 10. The normalized spacial score (nSPS) is 51.5. The van der Waals surface area contributed by atoms with Gasteiger partial charge in [-0.2, -0.15) is 0 Å². The largest absolute Gasteiger partial charge is 0.494 e. The predicted octanol–water partition coefficient (Wildman–Crippen LogP) is -0.969. The van der Waals surface area contributed by atoms with Gasteiger partial charge in [-0.05, 0) is 91.9 Å². The molecule has 7 fully saturated rings. The van der Waals surface area contributed by atoms with E-state index in [2.05, 4.69) is 27.7 Å². The summed E-state index contributed by atoms with van der Waals surface area (Å²) in [5.41, 5.74) is 1.08. The van der Waals surface area contributed by atoms with Crippen LogP contribution in [0.3, 0.4) is 0 Å². The maximum atomic E-state index is 14.3. The first-order valence-corrected chi connectivity index (χ1v) is 23.3. The maximum Gasteiger partial charge on any atom is 0.186 e. The van der Waals surface area contributed by atoms with Crippen molar-refractivity contribution in [1.82, 2.24) is 0 Å². The molecule has 4 aliphatic heterocycles. The molecule has 360 valence electrons. The summed E-state index contributed by atoms with van der Waals surface area (Å²) in [7, 11) is 0. The first-order chi connectivity index (χ1) is 29.9. The van der Waals surface area contributed by atoms with Gasteiger partial charge in [-0.25, -0.2) is 0 Å². The number of carbonyl (C=O) groups excluding carboxylic acids is 1. The summed E-state index contributed by atoms with van der Waals surface area (Å²) in [6, 6.07) is 0. The fraction of sp³-hybridized carbons (Fsp3) is 0.933. The van der Waals surface area contributed by atoms with E-state index in [0.717, 1.165) is 44.3 Å². The molecule has 0 aromatic heterocycles. The molecule has 18 nitrogen and oxygen atoms in total. The third-order valence-electron chi connectivity index (χ3n) is 17.0. The van der Waals surface area contributed by atoms with Crippen LogP contribution < -0.4 is 0 Å². The lowest BCUT2D eigenvalue weighted by Crippen LogP contribution is -2.61. The minimum atomic E-state index is -1.63. The number of ether oxygens (including phenoxy) is 7. The zero-order valence-electron chi connectivity index (χ0n) is 36.8. The fourth-order valence-corrected chi connectivity index (χ4v) is 13.3. The van der Waals surface area contributed by atoms with Crippen molar-refractivity contribution < 1.29 is 89.0 Å². The molecule has 24 unspecified atom stereocenters. The van der Waals surface area contributed by atoms with Crippen LogP contribution in [0.5, 0.6) is 0 Å². The van der Waals surface area contributed by atoms with Crippen LogP contribution in [-0.4, -0.2) is 188 Å². The Kier molecular flexibility index (Phi) is 14.4. The molecule has 8 aliphatic rings. The van der Waals surface area contributed by atoms with Gasteiger partial charge in [-0.1, -0.05) is 20.8 Å². The van der Waals surface area contributed by atoms with Gasteiger partial charge in [0.15, 0.2) is 12.6 Å². The Hall–Kier alpha value is -1.43. The second kappa shape index (κ2) is 18.9. The quantitative estimate of drug-likeness (QED) is 0.0996. The number of fused-ring (bicyclic) bond motifs is 7. The molecule has 0 aromatic carbocycles. The third-order valence-corrected chi connectivity index (χ3v) is 17.0. The zero-order valence-corrected chi connectivity index (χ0v) is 36.8. The van der Waals surface area contributed by atoms with Gasteiger partial charge < -0.3 is 84.2 Å². The van der Waals surface area contributed by atoms with E-state index in [1.807, 2.05) is 0 Å². The topological polar surface area (TPSA) is 284 Å². The lowest BCUT2D eigenvalue weighted by atomic mass is 9.44. The van der Waals surface area contributed by atoms with Crippen LogP contribution in [0.1, 0.15) is 85.5 Å². The van der Waals surface area contributed by atoms with E-state index >= 15 is 0 Å². The number of Topliss-reactive ketones (excluding diaryl/α,β-unsaturated/α-hetero) is 1. The van der Waals surface area contributed by atoms with Crippen molar-refractivity contribution in [2.24, 2.45) is 46.3 Å². The van der Waals surface area contributed by atoms with Gasteiger partial charge in [0, 0.05) is 31.3 Å². The highest BCUT2D eigenvalue weighted by molar-refractivity contribution is 5.83. The smallest absolute Gasteiger partial charge is 0.186 e. The first-order valence-electron chi connectivity index (χ1n) is 23.3. The van der Waals surface area contributed by atoms with Crippen LogP contribution in [0.25, 0.3) is 0 Å². The molecule has 8 rings (SSSR count). The van der Waals surface area contributed by atoms with E-state index in [1.54, 1.807) is 0 Å². The Bertz CT molecular complexity index is 1630. The molecular formula is C45H72O18. The Balaban J connectivity index is 0.838. The Morgan fingerprint density at radius 3 is 2.16 bits per heavy atom. The molecule has 3 saturated heterocycles. The number of rotatable bonds is 13. The van der Waals surface area contributed by atoms with Gasteiger partial charge in [0.25, 0.3) is 0 Å². The van der Waals surface area contributed by atoms with Crippen LogP contribution in [-0.2, 0) is 38.0 Å². The van der Waals surface area contributed by atoms with E-state index in [4.69, 9.17) is 33.2 Å². The molecule has 18 heteroatoms. The van der Waals surface area contributed by atoms with E-state index in [1.165, 1.54) is 5.57 Å². The second-order valence-corrected chi connectivity index (χ2v) is 20.8. The molecule has 4 aliphatic carbocycles. The number of ketones is 1. The number of hydrogen-bond donors (Lipinski definition) is 10. The van der Waals surface area contributed by atoms with Crippen LogP contribution >= 0.6 is 0 Å². The average Bonchev–Trinajstić information content (AvgIpc) is 3.74. The SMILES string of the molecule is CC1=C(CCC(C)COCC2OC(CO)C(O)C(O)C2O)OC2CC3C4CC(=O)C5CC(OC6OC(COC7OCC(O)C(O)C7O)C(O)C(O)C6O)CCC5(C)C4CCC3(C)C12. The second-order valence-electron chi connectivity index (χ2n) is 20.8. The fourth-order valence-electron chi connectivity index (χ4n) is 13.3. The number of hydrogen-bond acceptors (Lipinski definition) is 18. The summed E-state index contributed by atoms with van der Waals surface area (Å²) < 4.78 is 41.3. The summed E-state index contributed by atoms with van der Waals surface area (Å²) >= 11 is 0. The molecule has 0 radical (unpaired) electrons. The number of carbonyl (C=O) groups is 1. The van der Waals surface area contributed by atoms with E-state index < -0.39 is 98.5 Å². The standard InChI is InChI=1S/C45H72O18/c1-19(15-57-17-31-36(51)38(53)35(50)30(14-46)62-31)5-6-28-20(2)33-29(61-28)13-24-22-12-26(47)25-11-21(7-9-44(25,3)23(22)8-10-45(24,33)4)60-43-41(56)39(54)37(52)32(63-43)18-59-42-40(55)34(49)27(48)16-58-42/h19,21-25,27,29-43,46,48-56H,5-18H2,1-4H3. The number of allylic oxidation sites excluding steroid dienone is 1. The molecule has 0 spiro atoms.